The van der Waals surface area contributed by atoms with Crippen molar-refractivity contribution in [2.45, 2.75) is 26.2 Å². The lowest BCUT2D eigenvalue weighted by Gasteiger charge is -2.10. The lowest BCUT2D eigenvalue weighted by molar-refractivity contribution is -0.143. The maximum Gasteiger partial charge on any atom is 0.306 e. The molecule has 1 aromatic carbocycles. The molecule has 1 aromatic heterocycles. The molecule has 0 unspecified atom stereocenters. The van der Waals surface area contributed by atoms with Crippen molar-refractivity contribution in [3.8, 4) is 5.75 Å². The topological polar surface area (TPSA) is 76.5 Å². The molecule has 0 saturated heterocycles. The summed E-state index contributed by atoms with van der Waals surface area (Å²) >= 11 is 3.05. The van der Waals surface area contributed by atoms with Crippen molar-refractivity contribution in [3.05, 3.63) is 57.1 Å². The van der Waals surface area contributed by atoms with Crippen LogP contribution in [0.3, 0.4) is 0 Å². The molecule has 27 heavy (non-hydrogen) atoms. The number of aromatic hydroxyl groups is 1. The number of carbonyl (C=O) groups is 2. The second kappa shape index (κ2) is 8.98. The summed E-state index contributed by atoms with van der Waals surface area (Å²) in [5, 5.41) is 10.0. The fourth-order valence-corrected chi connectivity index (χ4v) is 2.78. The summed E-state index contributed by atoms with van der Waals surface area (Å²) in [6, 6.07) is 2.37. The number of hydrogen-bond donors (Lipinski definition) is 1. The number of Topliss-reactive ketones (excluding diaryl/α,β-unsaturated/α-hetero) is 1. The summed E-state index contributed by atoms with van der Waals surface area (Å²) in [5.74, 6) is -4.89. The predicted molar refractivity (Wildman–Crippen MR) is 92.9 cm³/mol. The first-order valence-electron chi connectivity index (χ1n) is 7.93. The van der Waals surface area contributed by atoms with E-state index in [0.29, 0.717) is 12.1 Å². The first kappa shape index (κ1) is 20.9. The largest absolute Gasteiger partial charge is 0.504 e. The van der Waals surface area contributed by atoms with Crippen LogP contribution in [0, 0.1) is 17.5 Å². The zero-order chi connectivity index (χ0) is 20.1. The number of halogens is 4. The number of nitrogens with zero attached hydrogens (tertiary/aromatic N) is 1. The Morgan fingerprint density at radius 3 is 2.37 bits per heavy atom. The van der Waals surface area contributed by atoms with Crippen molar-refractivity contribution in [3.63, 3.8) is 0 Å². The average Bonchev–Trinajstić information content (AvgIpc) is 2.59. The Morgan fingerprint density at radius 2 is 1.78 bits per heavy atom. The van der Waals surface area contributed by atoms with Gasteiger partial charge < -0.3 is 9.84 Å². The Labute approximate surface area is 161 Å². The van der Waals surface area contributed by atoms with Gasteiger partial charge in [-0.1, -0.05) is 0 Å². The molecule has 2 aromatic rings. The van der Waals surface area contributed by atoms with Gasteiger partial charge in [-0.05, 0) is 28.9 Å². The number of benzene rings is 1. The fraction of sp³-hybridized carbons (Fsp3) is 0.278. The van der Waals surface area contributed by atoms with Crippen LogP contribution in [0.15, 0.2) is 22.7 Å². The van der Waals surface area contributed by atoms with Crippen LogP contribution >= 0.6 is 15.9 Å². The minimum Gasteiger partial charge on any atom is -0.504 e. The third-order valence-electron chi connectivity index (χ3n) is 3.59. The number of pyridine rings is 1. The molecule has 5 nitrogen and oxygen atoms in total. The number of aromatic nitrogens is 1. The smallest absolute Gasteiger partial charge is 0.306 e. The molecule has 9 heteroatoms. The molecule has 0 fully saturated rings. The van der Waals surface area contributed by atoms with Crippen LogP contribution in [0.25, 0.3) is 0 Å². The summed E-state index contributed by atoms with van der Waals surface area (Å²) in [4.78, 5) is 27.6. The highest BCUT2D eigenvalue weighted by atomic mass is 79.9. The van der Waals surface area contributed by atoms with Crippen molar-refractivity contribution in [1.82, 2.24) is 4.98 Å². The van der Waals surface area contributed by atoms with Gasteiger partial charge in [-0.25, -0.2) is 18.2 Å². The van der Waals surface area contributed by atoms with Gasteiger partial charge in [0.1, 0.15) is 23.1 Å². The number of rotatable bonds is 7. The second-order valence-corrected chi connectivity index (χ2v) is 6.40. The van der Waals surface area contributed by atoms with E-state index in [1.165, 1.54) is 6.07 Å². The molecule has 0 radical (unpaired) electrons. The van der Waals surface area contributed by atoms with E-state index in [9.17, 15) is 27.9 Å². The zero-order valence-electron chi connectivity index (χ0n) is 14.2. The van der Waals surface area contributed by atoms with Crippen LogP contribution in [0.2, 0.25) is 0 Å². The highest BCUT2D eigenvalue weighted by molar-refractivity contribution is 9.10. The fourth-order valence-electron chi connectivity index (χ4n) is 2.33. The van der Waals surface area contributed by atoms with Crippen LogP contribution in [0.1, 0.15) is 41.5 Å². The first-order valence-corrected chi connectivity index (χ1v) is 8.72. The lowest BCUT2D eigenvalue weighted by Crippen LogP contribution is -2.11. The zero-order valence-corrected chi connectivity index (χ0v) is 15.8. The molecule has 0 aliphatic carbocycles. The van der Waals surface area contributed by atoms with Gasteiger partial charge in [0.05, 0.1) is 17.5 Å². The van der Waals surface area contributed by atoms with Crippen molar-refractivity contribution in [2.24, 2.45) is 0 Å². The van der Waals surface area contributed by atoms with Gasteiger partial charge in [0.2, 0.25) is 0 Å². The van der Waals surface area contributed by atoms with E-state index in [1.54, 1.807) is 6.92 Å². The molecule has 1 N–H and O–H groups in total. The summed E-state index contributed by atoms with van der Waals surface area (Å²) < 4.78 is 45.5. The van der Waals surface area contributed by atoms with E-state index in [1.807, 2.05) is 0 Å². The van der Waals surface area contributed by atoms with Crippen molar-refractivity contribution in [2.75, 3.05) is 6.61 Å². The van der Waals surface area contributed by atoms with Crippen LogP contribution in [-0.4, -0.2) is 28.4 Å². The minimum absolute atomic E-state index is 0.0727. The van der Waals surface area contributed by atoms with Crippen molar-refractivity contribution in [1.29, 1.82) is 0 Å². The minimum atomic E-state index is -1.09. The molecule has 0 aliphatic heterocycles. The molecule has 0 bridgehead atoms. The Morgan fingerprint density at radius 1 is 1.15 bits per heavy atom. The summed E-state index contributed by atoms with van der Waals surface area (Å²) in [7, 11) is 0. The maximum atomic E-state index is 13.8. The third-order valence-corrected chi connectivity index (χ3v) is 4.19. The molecule has 2 rings (SSSR count). The number of esters is 1. The number of ether oxygens (including phenoxy) is 1. The van der Waals surface area contributed by atoms with Crippen LogP contribution in [-0.2, 0) is 16.0 Å². The third kappa shape index (κ3) is 5.29. The van der Waals surface area contributed by atoms with Crippen LogP contribution < -0.4 is 0 Å². The summed E-state index contributed by atoms with van der Waals surface area (Å²) in [6.45, 7) is 1.80. The average molecular weight is 446 g/mol. The quantitative estimate of drug-likeness (QED) is 0.513. The molecule has 0 amide bonds. The normalized spacial score (nSPS) is 10.7. The number of carbonyl (C=O) groups excluding carboxylic acids is 2. The van der Waals surface area contributed by atoms with Gasteiger partial charge in [-0.15, -0.1) is 0 Å². The van der Waals surface area contributed by atoms with Gasteiger partial charge in [0.25, 0.3) is 0 Å². The molecule has 0 aliphatic rings. The SMILES string of the molecule is CCOC(=O)CCC(=O)c1nc(Cc2c(F)cc(F)cc2F)cc(Br)c1O. The van der Waals surface area contributed by atoms with E-state index in [-0.39, 0.29) is 41.7 Å². The van der Waals surface area contributed by atoms with Gasteiger partial charge in [0.15, 0.2) is 11.5 Å². The predicted octanol–water partition coefficient (Wildman–Crippen LogP) is 4.08. The summed E-state index contributed by atoms with van der Waals surface area (Å²) in [6.07, 6.45) is -0.819. The molecular weight excluding hydrogens is 431 g/mol. The monoisotopic (exact) mass is 445 g/mol. The van der Waals surface area contributed by atoms with E-state index in [0.717, 1.165) is 0 Å². The van der Waals surface area contributed by atoms with E-state index in [4.69, 9.17) is 4.74 Å². The molecule has 0 spiro atoms. The first-order chi connectivity index (χ1) is 12.7. The Balaban J connectivity index is 2.28. The van der Waals surface area contributed by atoms with Crippen LogP contribution in [0.5, 0.6) is 5.75 Å². The maximum absolute atomic E-state index is 13.8. The van der Waals surface area contributed by atoms with Crippen molar-refractivity contribution < 1.29 is 32.6 Å². The van der Waals surface area contributed by atoms with E-state index < -0.39 is 40.5 Å². The highest BCUT2D eigenvalue weighted by Gasteiger charge is 2.20. The highest BCUT2D eigenvalue weighted by Crippen LogP contribution is 2.30. The van der Waals surface area contributed by atoms with E-state index in [2.05, 4.69) is 20.9 Å². The Hall–Kier alpha value is -2.42. The summed E-state index contributed by atoms with van der Waals surface area (Å²) in [5.41, 5.74) is -0.693. The van der Waals surface area contributed by atoms with Gasteiger partial charge in [-0.3, -0.25) is 9.59 Å². The van der Waals surface area contributed by atoms with E-state index >= 15 is 0 Å². The number of ketones is 1. The standard InChI is InChI=1S/C18H15BrF3NO4/c1-2-27-16(25)4-3-15(24)17-18(26)12(19)8-10(23-17)7-11-13(21)5-9(20)6-14(11)22/h5-6,8,26H,2-4,7H2,1H3. The molecule has 1 heterocycles. The number of hydrogen-bond acceptors (Lipinski definition) is 5. The molecule has 0 atom stereocenters. The molecule has 144 valence electrons. The van der Waals surface area contributed by atoms with Gasteiger partial charge in [0, 0.05) is 36.2 Å². The van der Waals surface area contributed by atoms with Crippen molar-refractivity contribution >= 4 is 27.7 Å². The Bertz CT molecular complexity index is 866. The second-order valence-electron chi connectivity index (χ2n) is 5.55. The molecular formula is C18H15BrF3NO4. The lowest BCUT2D eigenvalue weighted by atomic mass is 10.1. The molecule has 0 saturated carbocycles. The Kier molecular flexibility index (Phi) is 6.95. The van der Waals surface area contributed by atoms with Gasteiger partial charge >= 0.3 is 5.97 Å². The van der Waals surface area contributed by atoms with Gasteiger partial charge in [-0.2, -0.15) is 0 Å². The van der Waals surface area contributed by atoms with Crippen LogP contribution in [0.4, 0.5) is 13.2 Å².